The molecule has 112 valence electrons. The summed E-state index contributed by atoms with van der Waals surface area (Å²) in [4.78, 5) is 11.0. The number of nitrogens with one attached hydrogen (secondary N) is 2. The number of ether oxygens (including phenoxy) is 2. The maximum Gasteiger partial charge on any atom is 0.261 e. The standard InChI is InChI=1S/C11H16N2O6S/c1-7(11(14)12-15)13-20(16,17)8-4-5-9(18-2)10(6-8)19-3/h4-7,13,15H,1-3H3,(H,12,14). The van der Waals surface area contributed by atoms with Gasteiger partial charge in [-0.05, 0) is 19.1 Å². The zero-order valence-corrected chi connectivity index (χ0v) is 12.0. The Morgan fingerprint density at radius 3 is 2.35 bits per heavy atom. The first kappa shape index (κ1) is 16.2. The largest absolute Gasteiger partial charge is 0.493 e. The van der Waals surface area contributed by atoms with Gasteiger partial charge in [-0.15, -0.1) is 0 Å². The van der Waals surface area contributed by atoms with E-state index in [1.807, 2.05) is 0 Å². The highest BCUT2D eigenvalue weighted by Crippen LogP contribution is 2.29. The molecule has 0 radical (unpaired) electrons. The molecule has 3 N–H and O–H groups in total. The zero-order chi connectivity index (χ0) is 15.3. The van der Waals surface area contributed by atoms with Crippen molar-refractivity contribution in [1.82, 2.24) is 10.2 Å². The molecular formula is C11H16N2O6S. The molecule has 0 aliphatic rings. The second-order valence-corrected chi connectivity index (χ2v) is 5.55. The van der Waals surface area contributed by atoms with Gasteiger partial charge in [0, 0.05) is 6.07 Å². The number of carbonyl (C=O) groups is 1. The summed E-state index contributed by atoms with van der Waals surface area (Å²) in [5, 5.41) is 8.45. The minimum Gasteiger partial charge on any atom is -0.493 e. The molecule has 8 nitrogen and oxygen atoms in total. The maximum atomic E-state index is 12.1. The molecule has 0 saturated heterocycles. The summed E-state index contributed by atoms with van der Waals surface area (Å²) < 4.78 is 36.3. The number of hydrogen-bond acceptors (Lipinski definition) is 6. The van der Waals surface area contributed by atoms with Crippen LogP contribution in [0.5, 0.6) is 11.5 Å². The molecule has 0 heterocycles. The molecule has 1 unspecified atom stereocenters. The van der Waals surface area contributed by atoms with Gasteiger partial charge < -0.3 is 9.47 Å². The molecule has 1 aromatic carbocycles. The van der Waals surface area contributed by atoms with Crippen LogP contribution in [0, 0.1) is 0 Å². The van der Waals surface area contributed by atoms with Crippen LogP contribution in [-0.2, 0) is 14.8 Å². The van der Waals surface area contributed by atoms with E-state index in [-0.39, 0.29) is 10.6 Å². The van der Waals surface area contributed by atoms with Crippen LogP contribution in [0.4, 0.5) is 0 Å². The van der Waals surface area contributed by atoms with Crippen molar-refractivity contribution in [2.45, 2.75) is 17.9 Å². The summed E-state index contributed by atoms with van der Waals surface area (Å²) in [7, 11) is -1.12. The molecular weight excluding hydrogens is 288 g/mol. The molecule has 0 bridgehead atoms. The SMILES string of the molecule is COc1ccc(S(=O)(=O)NC(C)C(=O)NO)cc1OC. The minimum absolute atomic E-state index is 0.0901. The average molecular weight is 304 g/mol. The fourth-order valence-corrected chi connectivity index (χ4v) is 2.65. The van der Waals surface area contributed by atoms with Crippen LogP contribution in [0.25, 0.3) is 0 Å². The molecule has 0 aliphatic carbocycles. The molecule has 1 aromatic rings. The van der Waals surface area contributed by atoms with Crippen molar-refractivity contribution < 1.29 is 27.9 Å². The van der Waals surface area contributed by atoms with Crippen molar-refractivity contribution in [3.05, 3.63) is 18.2 Å². The number of benzene rings is 1. The molecule has 1 amide bonds. The van der Waals surface area contributed by atoms with Crippen molar-refractivity contribution in [3.8, 4) is 11.5 Å². The van der Waals surface area contributed by atoms with E-state index in [1.165, 1.54) is 44.8 Å². The van der Waals surface area contributed by atoms with Gasteiger partial charge in [-0.3, -0.25) is 10.0 Å². The molecule has 1 atom stereocenters. The van der Waals surface area contributed by atoms with Crippen molar-refractivity contribution in [1.29, 1.82) is 0 Å². The van der Waals surface area contributed by atoms with Gasteiger partial charge >= 0.3 is 0 Å². The van der Waals surface area contributed by atoms with E-state index in [0.29, 0.717) is 5.75 Å². The highest BCUT2D eigenvalue weighted by Gasteiger charge is 2.23. The number of hydroxylamine groups is 1. The van der Waals surface area contributed by atoms with E-state index in [1.54, 1.807) is 0 Å². The molecule has 0 fully saturated rings. The maximum absolute atomic E-state index is 12.1. The normalized spacial score (nSPS) is 12.6. The van der Waals surface area contributed by atoms with Crippen LogP contribution in [0.3, 0.4) is 0 Å². The number of amides is 1. The van der Waals surface area contributed by atoms with E-state index in [4.69, 9.17) is 14.7 Å². The highest BCUT2D eigenvalue weighted by atomic mass is 32.2. The van der Waals surface area contributed by atoms with E-state index in [0.717, 1.165) is 0 Å². The van der Waals surface area contributed by atoms with Crippen molar-refractivity contribution in [3.63, 3.8) is 0 Å². The quantitative estimate of drug-likeness (QED) is 0.498. The minimum atomic E-state index is -3.93. The van der Waals surface area contributed by atoms with Gasteiger partial charge in [0.1, 0.15) is 6.04 Å². The van der Waals surface area contributed by atoms with Crippen LogP contribution in [0.2, 0.25) is 0 Å². The molecule has 0 aromatic heterocycles. The number of carbonyl (C=O) groups excluding carboxylic acids is 1. The molecule has 20 heavy (non-hydrogen) atoms. The molecule has 0 saturated carbocycles. The predicted molar refractivity (Wildman–Crippen MR) is 69.3 cm³/mol. The Morgan fingerprint density at radius 1 is 1.25 bits per heavy atom. The topological polar surface area (TPSA) is 114 Å². The summed E-state index contributed by atoms with van der Waals surface area (Å²) in [5.74, 6) is -0.240. The first-order valence-electron chi connectivity index (χ1n) is 5.54. The average Bonchev–Trinajstić information content (AvgIpc) is 2.44. The van der Waals surface area contributed by atoms with Gasteiger partial charge in [0.25, 0.3) is 5.91 Å². The van der Waals surface area contributed by atoms with Crippen LogP contribution in [0.1, 0.15) is 6.92 Å². The third-order valence-electron chi connectivity index (χ3n) is 2.50. The Labute approximate surface area is 116 Å². The summed E-state index contributed by atoms with van der Waals surface area (Å²) in [6.45, 7) is 1.30. The molecule has 1 rings (SSSR count). The third kappa shape index (κ3) is 3.59. The lowest BCUT2D eigenvalue weighted by Crippen LogP contribution is -2.43. The summed E-state index contributed by atoms with van der Waals surface area (Å²) in [5.41, 5.74) is 1.37. The van der Waals surface area contributed by atoms with Crippen LogP contribution >= 0.6 is 0 Å². The van der Waals surface area contributed by atoms with Crippen molar-refractivity contribution in [2.75, 3.05) is 14.2 Å². The van der Waals surface area contributed by atoms with Gasteiger partial charge in [-0.1, -0.05) is 0 Å². The number of rotatable bonds is 6. The van der Waals surface area contributed by atoms with Gasteiger partial charge in [0.05, 0.1) is 19.1 Å². The molecule has 9 heteroatoms. The predicted octanol–water partition coefficient (Wildman–Crippen LogP) is -0.124. The summed E-state index contributed by atoms with van der Waals surface area (Å²) >= 11 is 0. The Kier molecular flexibility index (Phi) is 5.31. The van der Waals surface area contributed by atoms with Crippen molar-refractivity contribution >= 4 is 15.9 Å². The van der Waals surface area contributed by atoms with Gasteiger partial charge in [-0.25, -0.2) is 13.9 Å². The van der Waals surface area contributed by atoms with Crippen molar-refractivity contribution in [2.24, 2.45) is 0 Å². The summed E-state index contributed by atoms with van der Waals surface area (Å²) in [6, 6.07) is 2.89. The first-order chi connectivity index (χ1) is 9.35. The fraction of sp³-hybridized carbons (Fsp3) is 0.364. The lowest BCUT2D eigenvalue weighted by molar-refractivity contribution is -0.130. The van der Waals surface area contributed by atoms with E-state index < -0.39 is 22.0 Å². The van der Waals surface area contributed by atoms with Gasteiger partial charge in [0.2, 0.25) is 10.0 Å². The van der Waals surface area contributed by atoms with Gasteiger partial charge in [-0.2, -0.15) is 4.72 Å². The highest BCUT2D eigenvalue weighted by molar-refractivity contribution is 7.89. The van der Waals surface area contributed by atoms with E-state index in [9.17, 15) is 13.2 Å². The lowest BCUT2D eigenvalue weighted by Gasteiger charge is -2.14. The van der Waals surface area contributed by atoms with Gasteiger partial charge in [0.15, 0.2) is 11.5 Å². The Morgan fingerprint density at radius 2 is 1.85 bits per heavy atom. The Hall–Kier alpha value is -1.84. The van der Waals surface area contributed by atoms with Crippen LogP contribution in [0.15, 0.2) is 23.1 Å². The zero-order valence-electron chi connectivity index (χ0n) is 11.2. The lowest BCUT2D eigenvalue weighted by atomic mass is 10.3. The number of methoxy groups -OCH3 is 2. The fourth-order valence-electron chi connectivity index (χ4n) is 1.43. The van der Waals surface area contributed by atoms with E-state index in [2.05, 4.69) is 4.72 Å². The second kappa shape index (κ2) is 6.55. The van der Waals surface area contributed by atoms with E-state index >= 15 is 0 Å². The Balaban J connectivity index is 3.07. The van der Waals surface area contributed by atoms with Crippen LogP contribution < -0.4 is 19.7 Å². The first-order valence-corrected chi connectivity index (χ1v) is 7.02. The number of sulfonamides is 1. The number of hydrogen-bond donors (Lipinski definition) is 3. The molecule has 0 spiro atoms. The monoisotopic (exact) mass is 304 g/mol. The molecule has 0 aliphatic heterocycles. The van der Waals surface area contributed by atoms with Crippen LogP contribution in [-0.4, -0.2) is 39.8 Å². The third-order valence-corrected chi connectivity index (χ3v) is 4.04. The summed E-state index contributed by atoms with van der Waals surface area (Å²) in [6.07, 6.45) is 0. The second-order valence-electron chi connectivity index (χ2n) is 3.84. The smallest absolute Gasteiger partial charge is 0.261 e. The Bertz CT molecular complexity index is 587.